The summed E-state index contributed by atoms with van der Waals surface area (Å²) in [5, 5.41) is 0.834. The van der Waals surface area contributed by atoms with Crippen LogP contribution in [0.3, 0.4) is 0 Å². The zero-order valence-electron chi connectivity index (χ0n) is 8.03. The van der Waals surface area contributed by atoms with Crippen LogP contribution in [-0.2, 0) is 0 Å². The van der Waals surface area contributed by atoms with Gasteiger partial charge in [-0.05, 0) is 12.8 Å². The lowest BCUT2D eigenvalue weighted by molar-refractivity contribution is 0.0893. The van der Waals surface area contributed by atoms with Crippen molar-refractivity contribution in [3.8, 4) is 0 Å². The zero-order chi connectivity index (χ0) is 11.3. The van der Waals surface area contributed by atoms with Crippen LogP contribution < -0.4 is 11.2 Å². The van der Waals surface area contributed by atoms with Gasteiger partial charge in [-0.1, -0.05) is 15.9 Å². The van der Waals surface area contributed by atoms with E-state index in [2.05, 4.69) is 15.9 Å². The van der Waals surface area contributed by atoms with Crippen molar-refractivity contribution in [3.05, 3.63) is 33.1 Å². The second-order valence-electron chi connectivity index (χ2n) is 3.02. The first-order valence-corrected chi connectivity index (χ1v) is 5.68. The number of hydrogen-bond acceptors (Lipinski definition) is 3. The molecule has 0 aliphatic rings. The molecule has 82 valence electrons. The van der Waals surface area contributed by atoms with Gasteiger partial charge in [0.25, 0.3) is 5.56 Å². The molecule has 0 saturated heterocycles. The topological polar surface area (TPSA) is 71.9 Å². The van der Waals surface area contributed by atoms with Crippen LogP contribution >= 0.6 is 15.9 Å². The summed E-state index contributed by atoms with van der Waals surface area (Å²) in [6.07, 6.45) is 3.11. The highest BCUT2D eigenvalue weighted by atomic mass is 79.9. The normalized spacial score (nSPS) is 10.2. The van der Waals surface area contributed by atoms with E-state index in [0.29, 0.717) is 6.42 Å². The Labute approximate surface area is 94.3 Å². The highest BCUT2D eigenvalue weighted by Crippen LogP contribution is 1.99. The maximum atomic E-state index is 11.5. The summed E-state index contributed by atoms with van der Waals surface area (Å²) in [6.45, 7) is 0. The van der Waals surface area contributed by atoms with E-state index in [0.717, 1.165) is 28.8 Å². The highest BCUT2D eigenvalue weighted by molar-refractivity contribution is 9.09. The fourth-order valence-electron chi connectivity index (χ4n) is 1.10. The molecule has 0 aliphatic heterocycles. The second-order valence-corrected chi connectivity index (χ2v) is 3.81. The molecule has 0 amide bonds. The Morgan fingerprint density at radius 1 is 1.40 bits per heavy atom. The molecule has 1 N–H and O–H groups in total. The van der Waals surface area contributed by atoms with Gasteiger partial charge in [0, 0.05) is 24.0 Å². The Bertz CT molecular complexity index is 449. The lowest BCUT2D eigenvalue weighted by Gasteiger charge is -2.01. The fraction of sp³-hybridized carbons (Fsp3) is 0.444. The van der Waals surface area contributed by atoms with Crippen molar-refractivity contribution < 1.29 is 4.79 Å². The number of carbonyl (C=O) groups is 1. The third-order valence-corrected chi connectivity index (χ3v) is 2.43. The monoisotopic (exact) mass is 274 g/mol. The minimum absolute atomic E-state index is 0.294. The molecule has 0 saturated carbocycles. The van der Waals surface area contributed by atoms with E-state index in [1.165, 1.54) is 6.20 Å². The van der Waals surface area contributed by atoms with Crippen LogP contribution in [0.5, 0.6) is 0 Å². The number of rotatable bonds is 4. The number of aromatic nitrogens is 2. The quantitative estimate of drug-likeness (QED) is 0.650. The first-order valence-electron chi connectivity index (χ1n) is 4.56. The number of unbranched alkanes of at least 4 members (excludes halogenated alkanes) is 1. The maximum absolute atomic E-state index is 11.5. The summed E-state index contributed by atoms with van der Waals surface area (Å²) in [5.41, 5.74) is -1.17. The number of nitrogens with one attached hydrogen (secondary N) is 1. The van der Waals surface area contributed by atoms with Gasteiger partial charge < -0.3 is 0 Å². The summed E-state index contributed by atoms with van der Waals surface area (Å²) in [7, 11) is 0. The van der Waals surface area contributed by atoms with E-state index in [9.17, 15) is 14.4 Å². The molecule has 0 fully saturated rings. The molecular weight excluding hydrogens is 264 g/mol. The van der Waals surface area contributed by atoms with Gasteiger partial charge in [-0.15, -0.1) is 0 Å². The van der Waals surface area contributed by atoms with Crippen LogP contribution in [0.4, 0.5) is 0 Å². The predicted molar refractivity (Wildman–Crippen MR) is 59.6 cm³/mol. The van der Waals surface area contributed by atoms with Gasteiger partial charge in [0.15, 0.2) is 0 Å². The van der Waals surface area contributed by atoms with Crippen LogP contribution in [0.25, 0.3) is 0 Å². The zero-order valence-corrected chi connectivity index (χ0v) is 9.62. The van der Waals surface area contributed by atoms with Crippen molar-refractivity contribution in [2.24, 2.45) is 0 Å². The SMILES string of the molecule is O=C(CCCCBr)n1ccc(=O)[nH]c1=O. The number of aromatic amines is 1. The summed E-state index contributed by atoms with van der Waals surface area (Å²) in [5.74, 6) is -0.294. The standard InChI is InChI=1S/C9H11BrN2O3/c10-5-2-1-3-8(14)12-6-4-7(13)11-9(12)15/h4,6H,1-3,5H2,(H,11,13,15). The maximum Gasteiger partial charge on any atom is 0.335 e. The van der Waals surface area contributed by atoms with Gasteiger partial charge in [0.2, 0.25) is 5.91 Å². The van der Waals surface area contributed by atoms with Crippen LogP contribution in [-0.4, -0.2) is 20.8 Å². The Hall–Kier alpha value is -1.17. The molecule has 0 unspecified atom stereocenters. The molecule has 6 heteroatoms. The molecule has 1 rings (SSSR count). The molecule has 1 aromatic rings. The lowest BCUT2D eigenvalue weighted by Crippen LogP contribution is -2.32. The van der Waals surface area contributed by atoms with Crippen molar-refractivity contribution >= 4 is 21.8 Å². The second kappa shape index (κ2) is 5.65. The molecule has 0 atom stereocenters. The van der Waals surface area contributed by atoms with Crippen LogP contribution in [0.2, 0.25) is 0 Å². The van der Waals surface area contributed by atoms with Crippen molar-refractivity contribution in [1.82, 2.24) is 9.55 Å². The minimum Gasteiger partial charge on any atom is -0.274 e. The van der Waals surface area contributed by atoms with E-state index in [1.807, 2.05) is 4.98 Å². The molecule has 1 aromatic heterocycles. The van der Waals surface area contributed by atoms with Gasteiger partial charge in [-0.2, -0.15) is 0 Å². The first kappa shape index (κ1) is 11.9. The Morgan fingerprint density at radius 3 is 2.73 bits per heavy atom. The smallest absolute Gasteiger partial charge is 0.274 e. The van der Waals surface area contributed by atoms with Crippen LogP contribution in [0.1, 0.15) is 24.1 Å². The average molecular weight is 275 g/mol. The number of H-pyrrole nitrogens is 1. The Balaban J connectivity index is 2.74. The third-order valence-electron chi connectivity index (χ3n) is 1.87. The molecule has 5 nitrogen and oxygen atoms in total. The molecule has 0 aromatic carbocycles. The highest BCUT2D eigenvalue weighted by Gasteiger charge is 2.06. The molecule has 0 aliphatic carbocycles. The molecule has 15 heavy (non-hydrogen) atoms. The predicted octanol–water partition coefficient (Wildman–Crippen LogP) is 0.742. The number of hydrogen-bond donors (Lipinski definition) is 1. The van der Waals surface area contributed by atoms with Crippen molar-refractivity contribution in [2.75, 3.05) is 5.33 Å². The summed E-state index contributed by atoms with van der Waals surface area (Å²) in [6, 6.07) is 1.16. The molecular formula is C9H11BrN2O3. The number of halogens is 1. The van der Waals surface area contributed by atoms with Gasteiger partial charge >= 0.3 is 5.69 Å². The third kappa shape index (κ3) is 3.47. The minimum atomic E-state index is -0.675. The van der Waals surface area contributed by atoms with Gasteiger partial charge in [-0.25, -0.2) is 9.36 Å². The van der Waals surface area contributed by atoms with E-state index in [1.54, 1.807) is 0 Å². The van der Waals surface area contributed by atoms with E-state index >= 15 is 0 Å². The van der Waals surface area contributed by atoms with Gasteiger partial charge in [0.05, 0.1) is 0 Å². The lowest BCUT2D eigenvalue weighted by atomic mass is 10.2. The Morgan fingerprint density at radius 2 is 2.13 bits per heavy atom. The largest absolute Gasteiger partial charge is 0.335 e. The van der Waals surface area contributed by atoms with Crippen molar-refractivity contribution in [2.45, 2.75) is 19.3 Å². The van der Waals surface area contributed by atoms with Gasteiger partial charge in [-0.3, -0.25) is 14.6 Å². The first-order chi connectivity index (χ1) is 7.15. The molecule has 1 heterocycles. The number of nitrogens with zero attached hydrogens (tertiary/aromatic N) is 1. The summed E-state index contributed by atoms with van der Waals surface area (Å²) in [4.78, 5) is 35.4. The molecule has 0 spiro atoms. The number of alkyl halides is 1. The van der Waals surface area contributed by atoms with Crippen LogP contribution in [0, 0.1) is 0 Å². The fourth-order valence-corrected chi connectivity index (χ4v) is 1.50. The molecule has 0 radical (unpaired) electrons. The van der Waals surface area contributed by atoms with Crippen molar-refractivity contribution in [3.63, 3.8) is 0 Å². The number of carbonyl (C=O) groups excluding carboxylic acids is 1. The summed E-state index contributed by atoms with van der Waals surface area (Å²) < 4.78 is 0.926. The average Bonchev–Trinajstić information content (AvgIpc) is 2.17. The van der Waals surface area contributed by atoms with E-state index < -0.39 is 11.2 Å². The van der Waals surface area contributed by atoms with Gasteiger partial charge in [0.1, 0.15) is 0 Å². The van der Waals surface area contributed by atoms with Crippen molar-refractivity contribution in [1.29, 1.82) is 0 Å². The van der Waals surface area contributed by atoms with E-state index in [4.69, 9.17) is 0 Å². The molecule has 0 bridgehead atoms. The van der Waals surface area contributed by atoms with Crippen LogP contribution in [0.15, 0.2) is 21.9 Å². The Kier molecular flexibility index (Phi) is 4.48. The summed E-state index contributed by atoms with van der Waals surface area (Å²) >= 11 is 3.25. The van der Waals surface area contributed by atoms with E-state index in [-0.39, 0.29) is 5.91 Å².